The minimum absolute atomic E-state index is 0.673. The first-order valence-electron chi connectivity index (χ1n) is 12.2. The van der Waals surface area contributed by atoms with Crippen LogP contribution in [0.3, 0.4) is 0 Å². The second kappa shape index (κ2) is 7.30. The quantitative estimate of drug-likeness (QED) is 0.258. The van der Waals surface area contributed by atoms with Crippen LogP contribution in [0.5, 0.6) is 0 Å². The molecule has 0 aliphatic carbocycles. The summed E-state index contributed by atoms with van der Waals surface area (Å²) >= 11 is 0. The van der Waals surface area contributed by atoms with Crippen molar-refractivity contribution < 1.29 is 4.42 Å². The first-order valence-corrected chi connectivity index (χ1v) is 12.2. The van der Waals surface area contributed by atoms with Gasteiger partial charge in [0, 0.05) is 32.8 Å². The molecule has 8 aromatic rings. The first-order chi connectivity index (χ1) is 17.9. The van der Waals surface area contributed by atoms with Crippen LogP contribution in [0.15, 0.2) is 126 Å². The molecule has 3 heteroatoms. The summed E-state index contributed by atoms with van der Waals surface area (Å²) in [4.78, 5) is 4.88. The fourth-order valence-electron chi connectivity index (χ4n) is 5.68. The fraction of sp³-hybridized carbons (Fsp3) is 0. The van der Waals surface area contributed by atoms with E-state index in [1.807, 2.05) is 18.2 Å². The third-order valence-electron chi connectivity index (χ3n) is 7.20. The van der Waals surface area contributed by atoms with Crippen molar-refractivity contribution in [3.05, 3.63) is 121 Å². The summed E-state index contributed by atoms with van der Waals surface area (Å²) < 4.78 is 8.59. The van der Waals surface area contributed by atoms with Crippen molar-refractivity contribution in [1.29, 1.82) is 0 Å². The third-order valence-corrected chi connectivity index (χ3v) is 7.20. The fourth-order valence-corrected chi connectivity index (χ4v) is 5.68. The molecule has 0 fully saturated rings. The highest BCUT2D eigenvalue weighted by Gasteiger charge is 2.18. The first kappa shape index (κ1) is 19.4. The highest BCUT2D eigenvalue weighted by molar-refractivity contribution is 6.18. The van der Waals surface area contributed by atoms with E-state index >= 15 is 0 Å². The molecule has 0 bridgehead atoms. The van der Waals surface area contributed by atoms with Crippen LogP contribution in [0.1, 0.15) is 0 Å². The van der Waals surface area contributed by atoms with Gasteiger partial charge < -0.3 is 8.98 Å². The van der Waals surface area contributed by atoms with Crippen LogP contribution in [0, 0.1) is 0 Å². The maximum atomic E-state index is 6.22. The number of rotatable bonds is 2. The monoisotopic (exact) mass is 460 g/mol. The van der Waals surface area contributed by atoms with Crippen LogP contribution in [-0.4, -0.2) is 9.55 Å². The smallest absolute Gasteiger partial charge is 0.228 e. The minimum Gasteiger partial charge on any atom is -0.438 e. The zero-order valence-electron chi connectivity index (χ0n) is 19.3. The molecule has 0 spiro atoms. The number of fused-ring (bicyclic) bond motifs is 7. The lowest BCUT2D eigenvalue weighted by Gasteiger charge is -2.12. The van der Waals surface area contributed by atoms with Gasteiger partial charge in [0.25, 0.3) is 0 Å². The molecule has 0 saturated carbocycles. The van der Waals surface area contributed by atoms with Gasteiger partial charge in [0.1, 0.15) is 5.58 Å². The van der Waals surface area contributed by atoms with Crippen LogP contribution < -0.4 is 0 Å². The van der Waals surface area contributed by atoms with E-state index in [-0.39, 0.29) is 0 Å². The van der Waals surface area contributed by atoms with Gasteiger partial charge in [0.15, 0.2) is 0 Å². The van der Waals surface area contributed by atoms with Gasteiger partial charge in [-0.1, -0.05) is 84.9 Å². The van der Waals surface area contributed by atoms with E-state index in [1.165, 1.54) is 21.8 Å². The largest absolute Gasteiger partial charge is 0.438 e. The lowest BCUT2D eigenvalue weighted by molar-refractivity contribution is 0.656. The van der Waals surface area contributed by atoms with Gasteiger partial charge in [0.2, 0.25) is 5.71 Å². The van der Waals surface area contributed by atoms with Crippen molar-refractivity contribution in [2.75, 3.05) is 0 Å². The van der Waals surface area contributed by atoms with Crippen LogP contribution in [-0.2, 0) is 0 Å². The highest BCUT2D eigenvalue weighted by Crippen LogP contribution is 2.41. The van der Waals surface area contributed by atoms with E-state index in [1.54, 1.807) is 0 Å². The van der Waals surface area contributed by atoms with Crippen molar-refractivity contribution in [1.82, 2.24) is 9.55 Å². The average molecular weight is 461 g/mol. The lowest BCUT2D eigenvalue weighted by Crippen LogP contribution is -1.95. The van der Waals surface area contributed by atoms with Crippen molar-refractivity contribution in [3.8, 4) is 16.8 Å². The predicted octanol–water partition coefficient (Wildman–Crippen LogP) is 8.90. The molecule has 0 saturated heterocycles. The molecule has 0 N–H and O–H groups in total. The molecule has 0 unspecified atom stereocenters. The Hall–Kier alpha value is -4.89. The topological polar surface area (TPSA) is 31.0 Å². The van der Waals surface area contributed by atoms with Crippen LogP contribution in [0.25, 0.3) is 71.6 Å². The molecule has 0 radical (unpaired) electrons. The Morgan fingerprint density at radius 2 is 1.19 bits per heavy atom. The summed E-state index contributed by atoms with van der Waals surface area (Å²) in [5, 5.41) is 5.79. The summed E-state index contributed by atoms with van der Waals surface area (Å²) in [5.41, 5.74) is 8.30. The molecular formula is C33H20N2O. The van der Waals surface area contributed by atoms with Gasteiger partial charge in [-0.15, -0.1) is 0 Å². The summed E-state index contributed by atoms with van der Waals surface area (Å²) in [7, 11) is 0. The molecule has 5 aromatic carbocycles. The molecule has 3 heterocycles. The van der Waals surface area contributed by atoms with Crippen LogP contribution in [0.2, 0.25) is 0 Å². The minimum atomic E-state index is 0.673. The van der Waals surface area contributed by atoms with Crippen LogP contribution in [0.4, 0.5) is 0 Å². The van der Waals surface area contributed by atoms with E-state index in [4.69, 9.17) is 9.40 Å². The van der Waals surface area contributed by atoms with E-state index in [0.29, 0.717) is 5.71 Å². The number of para-hydroxylation sites is 4. The number of furan rings is 1. The Bertz CT molecular complexity index is 2060. The van der Waals surface area contributed by atoms with Crippen molar-refractivity contribution in [2.24, 2.45) is 0 Å². The predicted molar refractivity (Wildman–Crippen MR) is 149 cm³/mol. The number of nitrogens with zero attached hydrogens (tertiary/aromatic N) is 2. The van der Waals surface area contributed by atoms with E-state index < -0.39 is 0 Å². The third kappa shape index (κ3) is 2.65. The summed E-state index contributed by atoms with van der Waals surface area (Å²) in [5.74, 6) is 0. The van der Waals surface area contributed by atoms with Crippen molar-refractivity contribution >= 4 is 54.8 Å². The molecule has 3 aromatic heterocycles. The maximum Gasteiger partial charge on any atom is 0.228 e. The molecular weight excluding hydrogens is 440 g/mol. The van der Waals surface area contributed by atoms with Crippen molar-refractivity contribution in [3.63, 3.8) is 0 Å². The average Bonchev–Trinajstić information content (AvgIpc) is 3.47. The maximum absolute atomic E-state index is 6.22. The zero-order valence-corrected chi connectivity index (χ0v) is 19.3. The summed E-state index contributed by atoms with van der Waals surface area (Å²) in [6.07, 6.45) is 0. The van der Waals surface area contributed by atoms with Gasteiger partial charge in [-0.2, -0.15) is 0 Å². The number of hydrogen-bond acceptors (Lipinski definition) is 2. The van der Waals surface area contributed by atoms with Gasteiger partial charge >= 0.3 is 0 Å². The molecule has 0 aliphatic rings. The molecule has 8 rings (SSSR count). The molecule has 0 atom stereocenters. The number of hydrogen-bond donors (Lipinski definition) is 0. The van der Waals surface area contributed by atoms with E-state index in [0.717, 1.165) is 44.1 Å². The Morgan fingerprint density at radius 1 is 0.556 bits per heavy atom. The Morgan fingerprint density at radius 3 is 1.97 bits per heavy atom. The molecule has 36 heavy (non-hydrogen) atoms. The Kier molecular flexibility index (Phi) is 3.94. The van der Waals surface area contributed by atoms with Gasteiger partial charge in [-0.3, -0.25) is 0 Å². The van der Waals surface area contributed by atoms with Crippen molar-refractivity contribution in [2.45, 2.75) is 0 Å². The summed E-state index contributed by atoms with van der Waals surface area (Å²) in [6, 6.07) is 42.6. The van der Waals surface area contributed by atoms with Gasteiger partial charge in [0.05, 0.1) is 21.9 Å². The molecule has 0 amide bonds. The van der Waals surface area contributed by atoms with Gasteiger partial charge in [-0.05, 0) is 42.0 Å². The lowest BCUT2D eigenvalue weighted by atomic mass is 9.96. The molecule has 3 nitrogen and oxygen atoms in total. The normalized spacial score (nSPS) is 11.9. The zero-order chi connectivity index (χ0) is 23.6. The Labute approximate surface area is 206 Å². The number of pyridine rings is 1. The van der Waals surface area contributed by atoms with E-state index in [2.05, 4.69) is 108 Å². The van der Waals surface area contributed by atoms with Crippen LogP contribution >= 0.6 is 0 Å². The molecule has 168 valence electrons. The second-order valence-corrected chi connectivity index (χ2v) is 9.20. The highest BCUT2D eigenvalue weighted by atomic mass is 16.3. The standard InChI is InChI=1S/C33H20N2O/c1-5-16-27-25(14-1)31(32-26-15-4-8-19-30(26)36-33(32)34-27)21-10-9-11-22(20-21)35-28-17-6-2-12-23(28)24-13-3-7-18-29(24)35/h1-20H. The van der Waals surface area contributed by atoms with Gasteiger partial charge in [-0.25, -0.2) is 4.98 Å². The summed E-state index contributed by atoms with van der Waals surface area (Å²) in [6.45, 7) is 0. The Balaban J connectivity index is 1.49. The second-order valence-electron chi connectivity index (χ2n) is 9.20. The SMILES string of the molecule is c1cc(-c2c3ccccc3nc3oc4ccccc4c23)cc(-n2c3ccccc3c3ccccc32)c1. The number of aromatic nitrogens is 2. The number of benzene rings is 5. The van der Waals surface area contributed by atoms with E-state index in [9.17, 15) is 0 Å². The molecule has 0 aliphatic heterocycles.